The first-order valence-corrected chi connectivity index (χ1v) is 6.64. The monoisotopic (exact) mass is 241 g/mol. The number of hydrogen-bond acceptors (Lipinski definition) is 5. The van der Waals surface area contributed by atoms with E-state index in [1.807, 2.05) is 13.8 Å². The summed E-state index contributed by atoms with van der Waals surface area (Å²) >= 11 is 1.24. The van der Waals surface area contributed by atoms with Gasteiger partial charge in [-0.15, -0.1) is 4.37 Å². The fraction of sp³-hybridized carbons (Fsp3) is 0.818. The van der Waals surface area contributed by atoms with Crippen molar-refractivity contribution in [1.82, 2.24) is 8.75 Å². The van der Waals surface area contributed by atoms with Gasteiger partial charge in [-0.05, 0) is 32.6 Å². The Morgan fingerprint density at radius 2 is 2.00 bits per heavy atom. The molecule has 1 aromatic rings. The Hall–Kier alpha value is -0.840. The summed E-state index contributed by atoms with van der Waals surface area (Å²) in [7, 11) is 0. The third kappa shape index (κ3) is 2.64. The Morgan fingerprint density at radius 1 is 1.31 bits per heavy atom. The van der Waals surface area contributed by atoms with Gasteiger partial charge in [0.15, 0.2) is 0 Å². The fourth-order valence-electron chi connectivity index (χ4n) is 1.89. The molecule has 0 N–H and O–H groups in total. The van der Waals surface area contributed by atoms with Gasteiger partial charge >= 0.3 is 0 Å². The summed E-state index contributed by atoms with van der Waals surface area (Å²) in [5.41, 5.74) is 0. The highest BCUT2D eigenvalue weighted by Gasteiger charge is 2.22. The first-order chi connectivity index (χ1) is 7.66. The standard InChI is InChI=1S/C11H19N3OS/c1-8(2)15-11-10(12-16-13-11)14-6-4-9(3)5-7-14/h8-9H,4-7H2,1-3H3. The predicted molar refractivity (Wildman–Crippen MR) is 66.3 cm³/mol. The van der Waals surface area contributed by atoms with E-state index in [2.05, 4.69) is 20.6 Å². The summed E-state index contributed by atoms with van der Waals surface area (Å²) in [5, 5.41) is 0. The zero-order valence-corrected chi connectivity index (χ0v) is 11.0. The summed E-state index contributed by atoms with van der Waals surface area (Å²) in [5.74, 6) is 2.47. The van der Waals surface area contributed by atoms with Gasteiger partial charge in [0, 0.05) is 13.1 Å². The molecule has 16 heavy (non-hydrogen) atoms. The van der Waals surface area contributed by atoms with Crippen LogP contribution in [0.5, 0.6) is 5.88 Å². The number of piperidine rings is 1. The molecular formula is C11H19N3OS. The van der Waals surface area contributed by atoms with Crippen LogP contribution in [0.15, 0.2) is 0 Å². The molecule has 0 spiro atoms. The summed E-state index contributed by atoms with van der Waals surface area (Å²) in [6, 6.07) is 0. The molecule has 0 saturated carbocycles. The fourth-order valence-corrected chi connectivity index (χ4v) is 2.40. The molecular weight excluding hydrogens is 222 g/mol. The molecule has 1 saturated heterocycles. The Morgan fingerprint density at radius 3 is 2.62 bits per heavy atom. The van der Waals surface area contributed by atoms with E-state index in [4.69, 9.17) is 4.74 Å². The molecule has 0 aromatic carbocycles. The molecule has 0 amide bonds. The van der Waals surface area contributed by atoms with Crippen LogP contribution in [0.3, 0.4) is 0 Å². The van der Waals surface area contributed by atoms with Crippen molar-refractivity contribution in [2.24, 2.45) is 5.92 Å². The second-order valence-corrected chi connectivity index (χ2v) is 5.26. The Kier molecular flexibility index (Phi) is 3.63. The van der Waals surface area contributed by atoms with E-state index in [0.717, 1.165) is 24.8 Å². The third-order valence-corrected chi connectivity index (χ3v) is 3.37. The van der Waals surface area contributed by atoms with Crippen LogP contribution in [0.25, 0.3) is 0 Å². The molecule has 0 unspecified atom stereocenters. The Labute approximate surface area is 101 Å². The summed E-state index contributed by atoms with van der Waals surface area (Å²) in [6.07, 6.45) is 2.63. The maximum Gasteiger partial charge on any atom is 0.271 e. The lowest BCUT2D eigenvalue weighted by atomic mass is 9.99. The van der Waals surface area contributed by atoms with Gasteiger partial charge in [-0.3, -0.25) is 0 Å². The maximum absolute atomic E-state index is 5.66. The number of nitrogens with zero attached hydrogens (tertiary/aromatic N) is 3. The second-order valence-electron chi connectivity index (χ2n) is 4.73. The third-order valence-electron chi connectivity index (χ3n) is 2.87. The highest BCUT2D eigenvalue weighted by atomic mass is 32.1. The van der Waals surface area contributed by atoms with Crippen molar-refractivity contribution in [3.05, 3.63) is 0 Å². The minimum atomic E-state index is 0.159. The molecule has 0 atom stereocenters. The average molecular weight is 241 g/mol. The maximum atomic E-state index is 5.66. The van der Waals surface area contributed by atoms with Gasteiger partial charge in [-0.2, -0.15) is 4.37 Å². The highest BCUT2D eigenvalue weighted by molar-refractivity contribution is 6.99. The first kappa shape index (κ1) is 11.6. The lowest BCUT2D eigenvalue weighted by molar-refractivity contribution is 0.234. The van der Waals surface area contributed by atoms with Crippen LogP contribution >= 0.6 is 11.7 Å². The molecule has 0 aliphatic carbocycles. The molecule has 90 valence electrons. The van der Waals surface area contributed by atoms with E-state index in [-0.39, 0.29) is 6.10 Å². The van der Waals surface area contributed by atoms with E-state index < -0.39 is 0 Å². The van der Waals surface area contributed by atoms with Crippen LogP contribution in [0, 0.1) is 5.92 Å². The molecule has 4 nitrogen and oxygen atoms in total. The number of aromatic nitrogens is 2. The molecule has 1 aliphatic heterocycles. The molecule has 2 heterocycles. The van der Waals surface area contributed by atoms with E-state index in [0.29, 0.717) is 5.88 Å². The number of ether oxygens (including phenoxy) is 1. The van der Waals surface area contributed by atoms with Gasteiger partial charge in [0.1, 0.15) is 0 Å². The molecule has 0 bridgehead atoms. The topological polar surface area (TPSA) is 38.2 Å². The number of anilines is 1. The molecule has 1 aromatic heterocycles. The van der Waals surface area contributed by atoms with Gasteiger partial charge < -0.3 is 9.64 Å². The molecule has 5 heteroatoms. The summed E-state index contributed by atoms with van der Waals surface area (Å²) in [6.45, 7) is 8.48. The van der Waals surface area contributed by atoms with Gasteiger partial charge in [0.05, 0.1) is 17.8 Å². The average Bonchev–Trinajstić information content (AvgIpc) is 2.66. The first-order valence-electron chi connectivity index (χ1n) is 5.91. The highest BCUT2D eigenvalue weighted by Crippen LogP contribution is 2.29. The normalized spacial score (nSPS) is 18.1. The van der Waals surface area contributed by atoms with Gasteiger partial charge in [-0.25, -0.2) is 0 Å². The lowest BCUT2D eigenvalue weighted by Gasteiger charge is -2.30. The van der Waals surface area contributed by atoms with Gasteiger partial charge in [0.25, 0.3) is 5.88 Å². The van der Waals surface area contributed by atoms with Crippen molar-refractivity contribution in [3.63, 3.8) is 0 Å². The van der Waals surface area contributed by atoms with Crippen LogP contribution in [0.2, 0.25) is 0 Å². The van der Waals surface area contributed by atoms with E-state index in [1.54, 1.807) is 0 Å². The van der Waals surface area contributed by atoms with Crippen molar-refractivity contribution in [1.29, 1.82) is 0 Å². The van der Waals surface area contributed by atoms with E-state index in [9.17, 15) is 0 Å². The Balaban J connectivity index is 2.05. The summed E-state index contributed by atoms with van der Waals surface area (Å²) < 4.78 is 14.2. The van der Waals surface area contributed by atoms with Crippen LogP contribution in [-0.2, 0) is 0 Å². The molecule has 0 radical (unpaired) electrons. The van der Waals surface area contributed by atoms with Crippen LogP contribution in [-0.4, -0.2) is 27.9 Å². The van der Waals surface area contributed by atoms with Crippen molar-refractivity contribution < 1.29 is 4.74 Å². The Bertz CT molecular complexity index is 332. The minimum absolute atomic E-state index is 0.159. The van der Waals surface area contributed by atoms with Crippen LogP contribution in [0.1, 0.15) is 33.6 Å². The van der Waals surface area contributed by atoms with Crippen molar-refractivity contribution in [3.8, 4) is 5.88 Å². The quantitative estimate of drug-likeness (QED) is 0.815. The van der Waals surface area contributed by atoms with Crippen LogP contribution in [0.4, 0.5) is 5.82 Å². The number of rotatable bonds is 3. The molecule has 2 rings (SSSR count). The van der Waals surface area contributed by atoms with Gasteiger partial charge in [0.2, 0.25) is 5.82 Å². The SMILES string of the molecule is CC1CCN(c2nsnc2OC(C)C)CC1. The lowest BCUT2D eigenvalue weighted by Crippen LogP contribution is -2.33. The molecule has 1 fully saturated rings. The van der Waals surface area contributed by atoms with Gasteiger partial charge in [-0.1, -0.05) is 6.92 Å². The minimum Gasteiger partial charge on any atom is -0.472 e. The van der Waals surface area contributed by atoms with E-state index >= 15 is 0 Å². The largest absolute Gasteiger partial charge is 0.472 e. The van der Waals surface area contributed by atoms with E-state index in [1.165, 1.54) is 24.6 Å². The number of hydrogen-bond donors (Lipinski definition) is 0. The predicted octanol–water partition coefficient (Wildman–Crippen LogP) is 2.56. The zero-order valence-electron chi connectivity index (χ0n) is 10.1. The zero-order chi connectivity index (χ0) is 11.5. The van der Waals surface area contributed by atoms with Crippen molar-refractivity contribution in [2.75, 3.05) is 18.0 Å². The van der Waals surface area contributed by atoms with Crippen LogP contribution < -0.4 is 9.64 Å². The van der Waals surface area contributed by atoms with Crippen molar-refractivity contribution >= 4 is 17.5 Å². The summed E-state index contributed by atoms with van der Waals surface area (Å²) in [4.78, 5) is 2.29. The second kappa shape index (κ2) is 4.99. The van der Waals surface area contributed by atoms with Crippen molar-refractivity contribution in [2.45, 2.75) is 39.7 Å². The smallest absolute Gasteiger partial charge is 0.271 e. The molecule has 1 aliphatic rings.